The fourth-order valence-corrected chi connectivity index (χ4v) is 5.06. The number of aromatic nitrogens is 6. The van der Waals surface area contributed by atoms with E-state index in [0.717, 1.165) is 17.9 Å². The molecule has 4 aromatic heterocycles. The van der Waals surface area contributed by atoms with E-state index in [1.165, 1.54) is 25.5 Å². The number of ether oxygens (including phenoxy) is 2. The minimum atomic E-state index is -0.198. The Morgan fingerprint density at radius 3 is 2.71 bits per heavy atom. The number of carbonyl (C=O) groups excluding carboxylic acids is 1. The summed E-state index contributed by atoms with van der Waals surface area (Å²) in [5.41, 5.74) is 2.73. The maximum absolute atomic E-state index is 11.3. The van der Waals surface area contributed by atoms with Crippen molar-refractivity contribution in [1.82, 2.24) is 29.3 Å². The summed E-state index contributed by atoms with van der Waals surface area (Å²) in [5.74, 6) is 2.68. The van der Waals surface area contributed by atoms with Gasteiger partial charge in [0.05, 0.1) is 31.0 Å². The summed E-state index contributed by atoms with van der Waals surface area (Å²) >= 11 is 0. The van der Waals surface area contributed by atoms with E-state index in [4.69, 9.17) is 19.6 Å². The number of imidazole rings is 1. The molecule has 38 heavy (non-hydrogen) atoms. The Hall–Kier alpha value is -3.99. The van der Waals surface area contributed by atoms with Gasteiger partial charge in [0.25, 0.3) is 0 Å². The van der Waals surface area contributed by atoms with Gasteiger partial charge in [0.2, 0.25) is 11.9 Å². The first kappa shape index (κ1) is 24.4. The van der Waals surface area contributed by atoms with Crippen LogP contribution in [0.15, 0.2) is 36.7 Å². The van der Waals surface area contributed by atoms with E-state index in [9.17, 15) is 4.79 Å². The first-order valence-electron chi connectivity index (χ1n) is 12.8. The van der Waals surface area contributed by atoms with Crippen LogP contribution in [0.4, 0.5) is 17.6 Å². The van der Waals surface area contributed by atoms with Gasteiger partial charge in [0.15, 0.2) is 11.5 Å². The number of carbonyl (C=O) groups is 1. The van der Waals surface area contributed by atoms with Crippen LogP contribution in [0.25, 0.3) is 11.2 Å². The Morgan fingerprint density at radius 1 is 1.16 bits per heavy atom. The number of pyridine rings is 2. The molecule has 11 heteroatoms. The smallest absolute Gasteiger partial charge is 0.222 e. The molecular weight excluding hydrogens is 484 g/mol. The molecule has 1 aliphatic carbocycles. The van der Waals surface area contributed by atoms with Crippen molar-refractivity contribution < 1.29 is 14.3 Å². The van der Waals surface area contributed by atoms with Crippen molar-refractivity contribution in [1.29, 1.82) is 0 Å². The van der Waals surface area contributed by atoms with Gasteiger partial charge in [-0.15, -0.1) is 0 Å². The molecule has 1 amide bonds. The van der Waals surface area contributed by atoms with Gasteiger partial charge in [0, 0.05) is 54.9 Å². The highest BCUT2D eigenvalue weighted by Crippen LogP contribution is 2.58. The second-order valence-corrected chi connectivity index (χ2v) is 11.3. The van der Waals surface area contributed by atoms with E-state index in [1.807, 2.05) is 17.7 Å². The van der Waals surface area contributed by atoms with Crippen LogP contribution in [-0.4, -0.2) is 48.4 Å². The third kappa shape index (κ3) is 4.47. The summed E-state index contributed by atoms with van der Waals surface area (Å²) in [5, 5.41) is 11.1. The highest BCUT2D eigenvalue weighted by atomic mass is 16.5. The number of amides is 1. The van der Waals surface area contributed by atoms with Crippen molar-refractivity contribution in [2.75, 3.05) is 23.8 Å². The Bertz CT molecular complexity index is 1530. The summed E-state index contributed by atoms with van der Waals surface area (Å²) < 4.78 is 16.0. The molecule has 0 radical (unpaired) electrons. The first-order valence-corrected chi connectivity index (χ1v) is 12.8. The quantitative estimate of drug-likeness (QED) is 0.378. The predicted molar refractivity (Wildman–Crippen MR) is 143 cm³/mol. The Balaban J connectivity index is 1.27. The van der Waals surface area contributed by atoms with Gasteiger partial charge < -0.3 is 24.7 Å². The summed E-state index contributed by atoms with van der Waals surface area (Å²) in [6.45, 7) is 9.58. The van der Waals surface area contributed by atoms with E-state index < -0.39 is 0 Å². The summed E-state index contributed by atoms with van der Waals surface area (Å²) in [6, 6.07) is 7.63. The van der Waals surface area contributed by atoms with Gasteiger partial charge in [0.1, 0.15) is 17.3 Å². The van der Waals surface area contributed by atoms with Crippen LogP contribution in [0.2, 0.25) is 0 Å². The zero-order valence-electron chi connectivity index (χ0n) is 22.3. The standard InChI is InChI=1S/C27H32N8O3/c1-16(36)30-22-11-17(6-9-28-22)38-18-10-19-24(29-13-18)32-25(34(19)5)31-23-12-20(26(2,3)4)35(33-23)21-14-37-15-27(21)7-8-27/h6,9-13,21H,7-8,14-15H2,1-5H3,(H,28,30,36)(H,29,31,32,33). The Kier molecular flexibility index (Phi) is 5.64. The normalized spacial score (nSPS) is 18.2. The zero-order chi connectivity index (χ0) is 26.7. The van der Waals surface area contributed by atoms with Gasteiger partial charge in [-0.05, 0) is 18.9 Å². The topological polar surface area (TPSA) is 121 Å². The van der Waals surface area contributed by atoms with E-state index >= 15 is 0 Å². The van der Waals surface area contributed by atoms with Gasteiger partial charge in [-0.2, -0.15) is 10.1 Å². The molecule has 1 saturated heterocycles. The van der Waals surface area contributed by atoms with Crippen molar-refractivity contribution >= 4 is 34.7 Å². The highest BCUT2D eigenvalue weighted by molar-refractivity contribution is 5.87. The van der Waals surface area contributed by atoms with E-state index in [2.05, 4.69) is 52.1 Å². The van der Waals surface area contributed by atoms with Crippen LogP contribution in [0.5, 0.6) is 11.5 Å². The van der Waals surface area contributed by atoms with Gasteiger partial charge >= 0.3 is 0 Å². The molecular formula is C27H32N8O3. The molecule has 1 spiro atoms. The molecule has 2 N–H and O–H groups in total. The Labute approximate surface area is 220 Å². The lowest BCUT2D eigenvalue weighted by atomic mass is 9.90. The number of rotatable bonds is 6. The van der Waals surface area contributed by atoms with Crippen LogP contribution in [0, 0.1) is 5.41 Å². The summed E-state index contributed by atoms with van der Waals surface area (Å²) in [4.78, 5) is 24.7. The maximum Gasteiger partial charge on any atom is 0.222 e. The summed E-state index contributed by atoms with van der Waals surface area (Å²) in [7, 11) is 1.93. The fraction of sp³-hybridized carbons (Fsp3) is 0.444. The fourth-order valence-electron chi connectivity index (χ4n) is 5.06. The number of nitrogens with zero attached hydrogens (tertiary/aromatic N) is 6. The molecule has 0 bridgehead atoms. The second kappa shape index (κ2) is 8.80. The third-order valence-electron chi connectivity index (χ3n) is 7.29. The molecule has 5 heterocycles. The van der Waals surface area contributed by atoms with E-state index in [-0.39, 0.29) is 22.8 Å². The van der Waals surface area contributed by atoms with Gasteiger partial charge in [-0.25, -0.2) is 9.97 Å². The number of hydrogen-bond donors (Lipinski definition) is 2. The van der Waals surface area contributed by atoms with Gasteiger partial charge in [-0.3, -0.25) is 9.48 Å². The molecule has 1 atom stereocenters. The van der Waals surface area contributed by atoms with Crippen LogP contribution in [-0.2, 0) is 22.0 Å². The largest absolute Gasteiger partial charge is 0.455 e. The third-order valence-corrected chi connectivity index (χ3v) is 7.29. The van der Waals surface area contributed by atoms with E-state index in [1.54, 1.807) is 24.5 Å². The number of aryl methyl sites for hydroxylation is 1. The zero-order valence-corrected chi connectivity index (χ0v) is 22.3. The minimum absolute atomic E-state index is 0.0709. The minimum Gasteiger partial charge on any atom is -0.455 e. The first-order chi connectivity index (χ1) is 18.1. The highest BCUT2D eigenvalue weighted by Gasteiger charge is 2.55. The lowest BCUT2D eigenvalue weighted by Gasteiger charge is -2.25. The molecule has 4 aromatic rings. The lowest BCUT2D eigenvalue weighted by molar-refractivity contribution is -0.114. The predicted octanol–water partition coefficient (Wildman–Crippen LogP) is 4.70. The number of anilines is 3. The van der Waals surface area contributed by atoms with Crippen LogP contribution >= 0.6 is 0 Å². The molecule has 198 valence electrons. The van der Waals surface area contributed by atoms with Crippen LogP contribution in [0.1, 0.15) is 52.3 Å². The lowest BCUT2D eigenvalue weighted by Crippen LogP contribution is -2.26. The van der Waals surface area contributed by atoms with E-state index in [0.29, 0.717) is 35.5 Å². The average molecular weight is 517 g/mol. The molecule has 1 aliphatic heterocycles. The van der Waals surface area contributed by atoms with Gasteiger partial charge in [-0.1, -0.05) is 20.8 Å². The van der Waals surface area contributed by atoms with Crippen molar-refractivity contribution in [2.45, 2.75) is 52.0 Å². The summed E-state index contributed by atoms with van der Waals surface area (Å²) in [6.07, 6.45) is 5.59. The molecule has 11 nitrogen and oxygen atoms in total. The average Bonchev–Trinajstić information content (AvgIpc) is 3.16. The van der Waals surface area contributed by atoms with Crippen molar-refractivity contribution in [3.63, 3.8) is 0 Å². The van der Waals surface area contributed by atoms with Crippen molar-refractivity contribution in [2.24, 2.45) is 12.5 Å². The van der Waals surface area contributed by atoms with Crippen LogP contribution < -0.4 is 15.4 Å². The number of nitrogens with one attached hydrogen (secondary N) is 2. The Morgan fingerprint density at radius 2 is 1.97 bits per heavy atom. The number of hydrogen-bond acceptors (Lipinski definition) is 8. The van der Waals surface area contributed by atoms with Crippen molar-refractivity contribution in [3.05, 3.63) is 42.4 Å². The molecule has 1 saturated carbocycles. The molecule has 0 aromatic carbocycles. The monoisotopic (exact) mass is 516 g/mol. The second-order valence-electron chi connectivity index (χ2n) is 11.3. The molecule has 1 unspecified atom stereocenters. The molecule has 2 aliphatic rings. The number of fused-ring (bicyclic) bond motifs is 1. The SMILES string of the molecule is CC(=O)Nc1cc(Oc2cnc3nc(Nc4cc(C(C)(C)C)n(C5COCC56CC6)n4)n(C)c3c2)ccn1. The maximum atomic E-state index is 11.3. The van der Waals surface area contributed by atoms with Crippen molar-refractivity contribution in [3.8, 4) is 11.5 Å². The molecule has 2 fully saturated rings. The molecule has 6 rings (SSSR count). The van der Waals surface area contributed by atoms with Crippen LogP contribution in [0.3, 0.4) is 0 Å².